The standard InChI is InChI=1S/C24H23F2N7O/c1-15-28-12-19(13-29-15)30-23(34)22-20-9-17(2-3-21(20)31-32-22)18-8-16(10-27-11-18)14-33-6-4-24(25,26)5-7-33/h2-3,8-13H,4-7,14H2,1H3,(H,30,34)(H,31,32). The van der Waals surface area contributed by atoms with Crippen molar-refractivity contribution in [2.75, 3.05) is 18.4 Å². The molecule has 0 aliphatic carbocycles. The second kappa shape index (κ2) is 8.86. The van der Waals surface area contributed by atoms with Crippen molar-refractivity contribution >= 4 is 22.5 Å². The number of nitrogens with zero attached hydrogens (tertiary/aromatic N) is 5. The average molecular weight is 463 g/mol. The second-order valence-corrected chi connectivity index (χ2v) is 8.52. The lowest BCUT2D eigenvalue weighted by atomic mass is 10.0. The summed E-state index contributed by atoms with van der Waals surface area (Å²) >= 11 is 0. The monoisotopic (exact) mass is 463 g/mol. The molecule has 0 saturated carbocycles. The van der Waals surface area contributed by atoms with Gasteiger partial charge in [0.15, 0.2) is 5.69 Å². The van der Waals surface area contributed by atoms with Crippen molar-refractivity contribution in [3.8, 4) is 11.1 Å². The van der Waals surface area contributed by atoms with Crippen LogP contribution in [0.15, 0.2) is 49.1 Å². The lowest BCUT2D eigenvalue weighted by Crippen LogP contribution is -2.38. The van der Waals surface area contributed by atoms with Crippen LogP contribution in [0.1, 0.15) is 34.7 Å². The first-order chi connectivity index (χ1) is 16.4. The van der Waals surface area contributed by atoms with Crippen molar-refractivity contribution in [1.82, 2.24) is 30.0 Å². The van der Waals surface area contributed by atoms with Crippen LogP contribution in [-0.4, -0.2) is 55.0 Å². The predicted molar refractivity (Wildman–Crippen MR) is 124 cm³/mol. The van der Waals surface area contributed by atoms with Crippen LogP contribution < -0.4 is 5.32 Å². The minimum atomic E-state index is -2.56. The number of piperidine rings is 1. The highest BCUT2D eigenvalue weighted by molar-refractivity contribution is 6.11. The number of aryl methyl sites for hydroxylation is 1. The highest BCUT2D eigenvalue weighted by atomic mass is 19.3. The van der Waals surface area contributed by atoms with Crippen LogP contribution in [-0.2, 0) is 6.54 Å². The number of pyridine rings is 1. The molecule has 1 amide bonds. The molecule has 1 saturated heterocycles. The Kier molecular flexibility index (Phi) is 5.74. The number of carbonyl (C=O) groups is 1. The van der Waals surface area contributed by atoms with E-state index in [9.17, 15) is 13.6 Å². The Labute approximate surface area is 194 Å². The molecule has 0 unspecified atom stereocenters. The number of aromatic amines is 1. The quantitative estimate of drug-likeness (QED) is 0.460. The van der Waals surface area contributed by atoms with Gasteiger partial charge in [-0.1, -0.05) is 6.07 Å². The van der Waals surface area contributed by atoms with Gasteiger partial charge in [-0.15, -0.1) is 0 Å². The molecule has 174 valence electrons. The number of fused-ring (bicyclic) bond motifs is 1. The maximum Gasteiger partial charge on any atom is 0.276 e. The van der Waals surface area contributed by atoms with Crippen molar-refractivity contribution < 1.29 is 13.6 Å². The summed E-state index contributed by atoms with van der Waals surface area (Å²) in [6.07, 6.45) is 6.36. The SMILES string of the molecule is Cc1ncc(NC(=O)c2n[nH]c3ccc(-c4cncc(CN5CCC(F)(F)CC5)c4)cc23)cn1. The van der Waals surface area contributed by atoms with Crippen molar-refractivity contribution in [3.63, 3.8) is 0 Å². The first-order valence-corrected chi connectivity index (χ1v) is 11.0. The zero-order valence-corrected chi connectivity index (χ0v) is 18.6. The fourth-order valence-corrected chi connectivity index (χ4v) is 4.04. The van der Waals surface area contributed by atoms with Crippen molar-refractivity contribution in [2.24, 2.45) is 0 Å². The number of anilines is 1. The van der Waals surface area contributed by atoms with Crippen molar-refractivity contribution in [1.29, 1.82) is 0 Å². The number of carbonyl (C=O) groups excluding carboxylic acids is 1. The maximum atomic E-state index is 13.4. The van der Waals surface area contributed by atoms with Gasteiger partial charge in [-0.05, 0) is 36.2 Å². The van der Waals surface area contributed by atoms with E-state index in [2.05, 4.69) is 30.5 Å². The van der Waals surface area contributed by atoms with E-state index in [4.69, 9.17) is 0 Å². The lowest BCUT2D eigenvalue weighted by Gasteiger charge is -2.31. The number of H-pyrrole nitrogens is 1. The van der Waals surface area contributed by atoms with Gasteiger partial charge >= 0.3 is 0 Å². The van der Waals surface area contributed by atoms with Crippen molar-refractivity contribution in [3.05, 3.63) is 66.1 Å². The number of hydrogen-bond acceptors (Lipinski definition) is 6. The molecule has 4 aromatic rings. The van der Waals surface area contributed by atoms with E-state index >= 15 is 0 Å². The Morgan fingerprint density at radius 3 is 2.62 bits per heavy atom. The zero-order chi connectivity index (χ0) is 23.7. The Balaban J connectivity index is 1.36. The third-order valence-electron chi connectivity index (χ3n) is 5.94. The van der Waals surface area contributed by atoms with Crippen molar-refractivity contribution in [2.45, 2.75) is 32.2 Å². The van der Waals surface area contributed by atoms with Crippen LogP contribution in [0.3, 0.4) is 0 Å². The van der Waals surface area contributed by atoms with E-state index in [0.717, 1.165) is 22.2 Å². The first-order valence-electron chi connectivity index (χ1n) is 11.0. The summed E-state index contributed by atoms with van der Waals surface area (Å²) in [6, 6.07) is 7.69. The molecular weight excluding hydrogens is 440 g/mol. The highest BCUT2D eigenvalue weighted by Gasteiger charge is 2.33. The molecular formula is C24H23F2N7O. The topological polar surface area (TPSA) is 99.7 Å². The van der Waals surface area contributed by atoms with Gasteiger partial charge in [-0.25, -0.2) is 18.7 Å². The summed E-state index contributed by atoms with van der Waals surface area (Å²) in [7, 11) is 0. The Morgan fingerprint density at radius 1 is 1.09 bits per heavy atom. The molecule has 3 aromatic heterocycles. The Bertz CT molecular complexity index is 1330. The summed E-state index contributed by atoms with van der Waals surface area (Å²) in [5, 5.41) is 10.5. The number of likely N-dealkylation sites (tertiary alicyclic amines) is 1. The molecule has 8 nitrogen and oxygen atoms in total. The summed E-state index contributed by atoms with van der Waals surface area (Å²) < 4.78 is 26.9. The summed E-state index contributed by atoms with van der Waals surface area (Å²) in [4.78, 5) is 27.4. The van der Waals surface area contributed by atoms with Gasteiger partial charge in [-0.3, -0.25) is 19.8 Å². The third kappa shape index (κ3) is 4.76. The van der Waals surface area contributed by atoms with E-state index in [1.165, 1.54) is 0 Å². The van der Waals surface area contributed by atoms with Gasteiger partial charge in [0, 0.05) is 55.8 Å². The largest absolute Gasteiger partial charge is 0.318 e. The van der Waals surface area contributed by atoms with Gasteiger partial charge in [0.05, 0.1) is 23.6 Å². The third-order valence-corrected chi connectivity index (χ3v) is 5.94. The molecule has 5 rings (SSSR count). The average Bonchev–Trinajstić information content (AvgIpc) is 3.26. The van der Waals surface area contributed by atoms with Crippen LogP contribution in [0.25, 0.3) is 22.0 Å². The number of halogens is 2. The van der Waals surface area contributed by atoms with Gasteiger partial charge in [0.25, 0.3) is 11.8 Å². The minimum absolute atomic E-state index is 0.114. The number of nitrogens with one attached hydrogen (secondary N) is 2. The van der Waals surface area contributed by atoms with E-state index in [1.807, 2.05) is 29.2 Å². The van der Waals surface area contributed by atoms with Crippen LogP contribution in [0.4, 0.5) is 14.5 Å². The molecule has 1 aromatic carbocycles. The second-order valence-electron chi connectivity index (χ2n) is 8.52. The Morgan fingerprint density at radius 2 is 1.85 bits per heavy atom. The molecule has 10 heteroatoms. The molecule has 34 heavy (non-hydrogen) atoms. The van der Waals surface area contributed by atoms with E-state index < -0.39 is 5.92 Å². The molecule has 0 atom stereocenters. The number of aromatic nitrogens is 5. The van der Waals surface area contributed by atoms with Gasteiger partial charge in [0.2, 0.25) is 0 Å². The number of rotatable bonds is 5. The van der Waals surface area contributed by atoms with Gasteiger partial charge in [-0.2, -0.15) is 5.10 Å². The summed E-state index contributed by atoms with van der Waals surface area (Å²) in [6.45, 7) is 3.06. The predicted octanol–water partition coefficient (Wildman–Crippen LogP) is 4.21. The smallest absolute Gasteiger partial charge is 0.276 e. The summed E-state index contributed by atoms with van der Waals surface area (Å²) in [5.74, 6) is -2.32. The zero-order valence-electron chi connectivity index (χ0n) is 18.6. The number of hydrogen-bond donors (Lipinski definition) is 2. The maximum absolute atomic E-state index is 13.4. The van der Waals surface area contributed by atoms with Gasteiger partial charge in [0.1, 0.15) is 5.82 Å². The number of amides is 1. The van der Waals surface area contributed by atoms with Crippen LogP contribution in [0.5, 0.6) is 0 Å². The molecule has 1 aliphatic rings. The fraction of sp³-hybridized carbons (Fsp3) is 0.292. The minimum Gasteiger partial charge on any atom is -0.318 e. The number of benzene rings is 1. The fourth-order valence-electron chi connectivity index (χ4n) is 4.04. The summed E-state index contributed by atoms with van der Waals surface area (Å²) in [5.41, 5.74) is 4.17. The van der Waals surface area contributed by atoms with Gasteiger partial charge < -0.3 is 5.32 Å². The van der Waals surface area contributed by atoms with E-state index in [0.29, 0.717) is 36.5 Å². The molecule has 0 bridgehead atoms. The lowest BCUT2D eigenvalue weighted by molar-refractivity contribution is -0.0566. The molecule has 0 radical (unpaired) electrons. The molecule has 2 N–H and O–H groups in total. The van der Waals surface area contributed by atoms with Crippen LogP contribution in [0.2, 0.25) is 0 Å². The molecule has 1 fully saturated rings. The molecule has 4 heterocycles. The Hall–Kier alpha value is -3.79. The normalized spacial score (nSPS) is 16.0. The number of alkyl halides is 2. The van der Waals surface area contributed by atoms with Crippen LogP contribution >= 0.6 is 0 Å². The highest BCUT2D eigenvalue weighted by Crippen LogP contribution is 2.29. The van der Waals surface area contributed by atoms with E-state index in [1.54, 1.807) is 31.7 Å². The molecule has 1 aliphatic heterocycles. The first kappa shape index (κ1) is 22.0. The molecule has 0 spiro atoms. The van der Waals surface area contributed by atoms with E-state index in [-0.39, 0.29) is 24.4 Å². The van der Waals surface area contributed by atoms with Crippen LogP contribution in [0, 0.1) is 6.92 Å².